The van der Waals surface area contributed by atoms with Gasteiger partial charge >= 0.3 is 0 Å². The van der Waals surface area contributed by atoms with Gasteiger partial charge in [0.05, 0.1) is 0 Å². The van der Waals surface area contributed by atoms with Crippen LogP contribution in [0.15, 0.2) is 48.8 Å². The molecule has 2 heterocycles. The monoisotopic (exact) mass is 377 g/mol. The lowest BCUT2D eigenvalue weighted by molar-refractivity contribution is 0.0390. The molecule has 0 spiro atoms. The minimum atomic E-state index is -0.145. The van der Waals surface area contributed by atoms with Crippen LogP contribution >= 0.6 is 0 Å². The largest absolute Gasteiger partial charge is 0.348 e. The van der Waals surface area contributed by atoms with Crippen molar-refractivity contribution in [2.75, 3.05) is 6.54 Å². The summed E-state index contributed by atoms with van der Waals surface area (Å²) >= 11 is 0. The molecule has 0 bridgehead atoms. The maximum atomic E-state index is 13.1. The molecule has 1 N–H and O–H groups in total. The number of nitrogens with one attached hydrogen (secondary N) is 1. The molecular weight excluding hydrogens is 350 g/mol. The number of likely N-dealkylation sites (tertiary alicyclic amines) is 1. The van der Waals surface area contributed by atoms with Crippen molar-refractivity contribution in [2.24, 2.45) is 5.92 Å². The Morgan fingerprint density at radius 1 is 1.00 bits per heavy atom. The molecule has 0 unspecified atom stereocenters. The number of aromatic nitrogens is 1. The fourth-order valence-corrected chi connectivity index (χ4v) is 4.59. The molecule has 1 aromatic heterocycles. The standard InChI is InChI=1S/C23H27N3O2/c27-22(25-16-17-5-3-13-24-15-17)19-9-11-20(12-10-19)23(28)26-14-4-7-18-6-1-2-8-21(18)26/h3,5,9-13,15,18,21H,1-2,4,6-8,14,16H2,(H,25,27)/t18-,21-/m0/s1. The van der Waals surface area contributed by atoms with Crippen LogP contribution in [0.1, 0.15) is 64.8 Å². The van der Waals surface area contributed by atoms with Gasteiger partial charge in [0.2, 0.25) is 0 Å². The molecule has 146 valence electrons. The Morgan fingerprint density at radius 3 is 2.54 bits per heavy atom. The zero-order chi connectivity index (χ0) is 19.3. The van der Waals surface area contributed by atoms with Gasteiger partial charge in [-0.05, 0) is 67.5 Å². The first-order chi connectivity index (χ1) is 13.7. The number of carbonyl (C=O) groups excluding carboxylic acids is 2. The Labute approximate surface area is 166 Å². The normalized spacial score (nSPS) is 21.6. The average molecular weight is 377 g/mol. The molecule has 1 saturated heterocycles. The summed E-state index contributed by atoms with van der Waals surface area (Å²) in [5.41, 5.74) is 2.19. The number of nitrogens with zero attached hydrogens (tertiary/aromatic N) is 2. The van der Waals surface area contributed by atoms with Crippen molar-refractivity contribution in [1.82, 2.24) is 15.2 Å². The van der Waals surface area contributed by atoms with Crippen molar-refractivity contribution in [3.63, 3.8) is 0 Å². The number of piperidine rings is 1. The number of carbonyl (C=O) groups is 2. The van der Waals surface area contributed by atoms with Gasteiger partial charge in [-0.1, -0.05) is 18.9 Å². The SMILES string of the molecule is O=C(NCc1cccnc1)c1ccc(C(=O)N2CCC[C@@H]3CCCC[C@@H]32)cc1. The highest BCUT2D eigenvalue weighted by Crippen LogP contribution is 2.35. The summed E-state index contributed by atoms with van der Waals surface area (Å²) in [5.74, 6) is 0.635. The third-order valence-corrected chi connectivity index (χ3v) is 6.07. The van der Waals surface area contributed by atoms with Gasteiger partial charge in [-0.3, -0.25) is 14.6 Å². The number of hydrogen-bond acceptors (Lipinski definition) is 3. The van der Waals surface area contributed by atoms with Gasteiger partial charge in [0.25, 0.3) is 11.8 Å². The number of amides is 2. The highest BCUT2D eigenvalue weighted by molar-refractivity contribution is 5.98. The van der Waals surface area contributed by atoms with Crippen molar-refractivity contribution in [1.29, 1.82) is 0 Å². The van der Waals surface area contributed by atoms with E-state index >= 15 is 0 Å². The van der Waals surface area contributed by atoms with E-state index in [0.717, 1.165) is 24.9 Å². The van der Waals surface area contributed by atoms with E-state index in [1.807, 2.05) is 12.1 Å². The lowest BCUT2D eigenvalue weighted by Crippen LogP contribution is -2.49. The molecule has 2 fully saturated rings. The van der Waals surface area contributed by atoms with Crippen LogP contribution in [-0.2, 0) is 6.54 Å². The van der Waals surface area contributed by atoms with Gasteiger partial charge in [-0.15, -0.1) is 0 Å². The Kier molecular flexibility index (Phi) is 5.70. The van der Waals surface area contributed by atoms with Crippen LogP contribution in [0.5, 0.6) is 0 Å². The van der Waals surface area contributed by atoms with Crippen LogP contribution < -0.4 is 5.32 Å². The summed E-state index contributed by atoms with van der Waals surface area (Å²) in [6.45, 7) is 1.29. The zero-order valence-corrected chi connectivity index (χ0v) is 16.1. The molecule has 1 saturated carbocycles. The summed E-state index contributed by atoms with van der Waals surface area (Å²) in [6.07, 6.45) is 10.7. The smallest absolute Gasteiger partial charge is 0.254 e. The van der Waals surface area contributed by atoms with E-state index in [1.165, 1.54) is 25.7 Å². The minimum absolute atomic E-state index is 0.110. The van der Waals surface area contributed by atoms with E-state index in [0.29, 0.717) is 29.6 Å². The summed E-state index contributed by atoms with van der Waals surface area (Å²) < 4.78 is 0. The van der Waals surface area contributed by atoms with Crippen LogP contribution in [0.4, 0.5) is 0 Å². The molecule has 2 aliphatic rings. The predicted molar refractivity (Wildman–Crippen MR) is 108 cm³/mol. The summed E-state index contributed by atoms with van der Waals surface area (Å²) in [7, 11) is 0. The van der Waals surface area contributed by atoms with Crippen molar-refractivity contribution < 1.29 is 9.59 Å². The summed E-state index contributed by atoms with van der Waals surface area (Å²) in [6, 6.07) is 11.2. The first-order valence-electron chi connectivity index (χ1n) is 10.3. The van der Waals surface area contributed by atoms with Crippen LogP contribution in [0.2, 0.25) is 0 Å². The maximum absolute atomic E-state index is 13.1. The average Bonchev–Trinajstić information content (AvgIpc) is 2.77. The Bertz CT molecular complexity index is 818. The van der Waals surface area contributed by atoms with E-state index in [-0.39, 0.29) is 11.8 Å². The molecule has 2 atom stereocenters. The van der Waals surface area contributed by atoms with E-state index in [9.17, 15) is 9.59 Å². The molecule has 2 amide bonds. The first-order valence-corrected chi connectivity index (χ1v) is 10.3. The third kappa shape index (κ3) is 4.08. The second kappa shape index (κ2) is 8.55. The number of benzene rings is 1. The Balaban J connectivity index is 1.39. The number of fused-ring (bicyclic) bond motifs is 1. The second-order valence-electron chi connectivity index (χ2n) is 7.87. The summed E-state index contributed by atoms with van der Waals surface area (Å²) in [5, 5.41) is 2.89. The van der Waals surface area contributed by atoms with Gasteiger partial charge in [0, 0.05) is 42.7 Å². The molecule has 5 heteroatoms. The lowest BCUT2D eigenvalue weighted by Gasteiger charge is -2.44. The van der Waals surface area contributed by atoms with Crippen LogP contribution in [0.25, 0.3) is 0 Å². The molecule has 4 rings (SSSR count). The summed E-state index contributed by atoms with van der Waals surface area (Å²) in [4.78, 5) is 31.6. The van der Waals surface area contributed by atoms with Crippen molar-refractivity contribution in [2.45, 2.75) is 51.1 Å². The van der Waals surface area contributed by atoms with Gasteiger partial charge in [0.1, 0.15) is 0 Å². The van der Waals surface area contributed by atoms with E-state index in [4.69, 9.17) is 0 Å². The molecule has 2 aromatic rings. The molecular formula is C23H27N3O2. The maximum Gasteiger partial charge on any atom is 0.254 e. The topological polar surface area (TPSA) is 62.3 Å². The first kappa shape index (κ1) is 18.7. The molecule has 28 heavy (non-hydrogen) atoms. The zero-order valence-electron chi connectivity index (χ0n) is 16.1. The van der Waals surface area contributed by atoms with Gasteiger partial charge in [0.15, 0.2) is 0 Å². The molecule has 5 nitrogen and oxygen atoms in total. The fraction of sp³-hybridized carbons (Fsp3) is 0.435. The van der Waals surface area contributed by atoms with Crippen molar-refractivity contribution in [3.05, 3.63) is 65.5 Å². The molecule has 1 aliphatic heterocycles. The third-order valence-electron chi connectivity index (χ3n) is 6.07. The van der Waals surface area contributed by atoms with Gasteiger partial charge < -0.3 is 10.2 Å². The Morgan fingerprint density at radius 2 is 1.75 bits per heavy atom. The molecule has 0 radical (unpaired) electrons. The van der Waals surface area contributed by atoms with Crippen molar-refractivity contribution in [3.8, 4) is 0 Å². The van der Waals surface area contributed by atoms with E-state index < -0.39 is 0 Å². The van der Waals surface area contributed by atoms with Crippen LogP contribution in [-0.4, -0.2) is 34.3 Å². The van der Waals surface area contributed by atoms with Crippen LogP contribution in [0, 0.1) is 5.92 Å². The lowest BCUT2D eigenvalue weighted by atomic mass is 9.78. The number of hydrogen-bond donors (Lipinski definition) is 1. The predicted octanol–water partition coefficient (Wildman–Crippen LogP) is 3.81. The van der Waals surface area contributed by atoms with Gasteiger partial charge in [-0.2, -0.15) is 0 Å². The molecule has 1 aromatic carbocycles. The number of rotatable bonds is 4. The highest BCUT2D eigenvalue weighted by atomic mass is 16.2. The Hall–Kier alpha value is -2.69. The number of pyridine rings is 1. The highest BCUT2D eigenvalue weighted by Gasteiger charge is 2.35. The quantitative estimate of drug-likeness (QED) is 0.881. The molecule has 1 aliphatic carbocycles. The van der Waals surface area contributed by atoms with E-state index in [2.05, 4.69) is 15.2 Å². The van der Waals surface area contributed by atoms with Gasteiger partial charge in [-0.25, -0.2) is 0 Å². The van der Waals surface area contributed by atoms with Crippen molar-refractivity contribution >= 4 is 11.8 Å². The van der Waals surface area contributed by atoms with Crippen LogP contribution in [0.3, 0.4) is 0 Å². The fourth-order valence-electron chi connectivity index (χ4n) is 4.59. The second-order valence-corrected chi connectivity index (χ2v) is 7.87. The minimum Gasteiger partial charge on any atom is -0.348 e. The van der Waals surface area contributed by atoms with E-state index in [1.54, 1.807) is 36.7 Å².